The molecule has 5 nitrogen and oxygen atoms in total. The number of carbonyl (C=O) groups is 1. The molecule has 0 aromatic carbocycles. The molecule has 1 N–H and O–H groups in total. The SMILES string of the molecule is Cc1cc(C(F)(F)F)c(C#N)c(SCC(=O)NC[C@@H]2CCCO2)n1. The van der Waals surface area contributed by atoms with Crippen LogP contribution in [-0.4, -0.2) is 35.9 Å². The van der Waals surface area contributed by atoms with E-state index < -0.39 is 17.3 Å². The first kappa shape index (κ1) is 18.5. The van der Waals surface area contributed by atoms with Crippen LogP contribution in [0.3, 0.4) is 0 Å². The summed E-state index contributed by atoms with van der Waals surface area (Å²) in [5, 5.41) is 11.6. The largest absolute Gasteiger partial charge is 0.417 e. The molecule has 0 aliphatic carbocycles. The Morgan fingerprint density at radius 1 is 1.58 bits per heavy atom. The number of hydrogen-bond donors (Lipinski definition) is 1. The second kappa shape index (κ2) is 7.85. The molecule has 0 unspecified atom stereocenters. The van der Waals surface area contributed by atoms with Crippen LogP contribution in [0.1, 0.15) is 29.7 Å². The van der Waals surface area contributed by atoms with Crippen LogP contribution < -0.4 is 5.32 Å². The Hall–Kier alpha value is -1.79. The number of amides is 1. The first-order valence-electron chi connectivity index (χ1n) is 7.31. The second-order valence-corrected chi connectivity index (χ2v) is 6.29. The molecular weight excluding hydrogens is 343 g/mol. The highest BCUT2D eigenvalue weighted by atomic mass is 32.2. The zero-order chi connectivity index (χ0) is 17.7. The number of nitrogens with one attached hydrogen (secondary N) is 1. The number of aryl methyl sites for hydroxylation is 1. The van der Waals surface area contributed by atoms with E-state index in [0.717, 1.165) is 30.7 Å². The molecule has 1 aliphatic rings. The van der Waals surface area contributed by atoms with Gasteiger partial charge in [-0.1, -0.05) is 11.8 Å². The summed E-state index contributed by atoms with van der Waals surface area (Å²) >= 11 is 0.820. The van der Waals surface area contributed by atoms with Crippen LogP contribution in [0.4, 0.5) is 13.2 Å². The van der Waals surface area contributed by atoms with Crippen molar-refractivity contribution in [2.75, 3.05) is 18.9 Å². The zero-order valence-corrected chi connectivity index (χ0v) is 13.8. The van der Waals surface area contributed by atoms with Gasteiger partial charge in [-0.3, -0.25) is 4.79 Å². The van der Waals surface area contributed by atoms with E-state index in [1.165, 1.54) is 6.92 Å². The maximum atomic E-state index is 13.0. The van der Waals surface area contributed by atoms with Gasteiger partial charge in [0.2, 0.25) is 5.91 Å². The molecule has 0 saturated carbocycles. The summed E-state index contributed by atoms with van der Waals surface area (Å²) in [6.45, 7) is 2.46. The molecule has 9 heteroatoms. The molecule has 2 rings (SSSR count). The smallest absolute Gasteiger partial charge is 0.376 e. The van der Waals surface area contributed by atoms with Gasteiger partial charge in [-0.15, -0.1) is 0 Å². The Morgan fingerprint density at radius 3 is 2.92 bits per heavy atom. The molecular formula is C15H16F3N3O2S. The van der Waals surface area contributed by atoms with Crippen molar-refractivity contribution in [1.29, 1.82) is 5.26 Å². The maximum absolute atomic E-state index is 13.0. The van der Waals surface area contributed by atoms with Crippen LogP contribution in [-0.2, 0) is 15.7 Å². The second-order valence-electron chi connectivity index (χ2n) is 5.33. The van der Waals surface area contributed by atoms with Crippen LogP contribution in [0.25, 0.3) is 0 Å². The Balaban J connectivity index is 2.02. The molecule has 0 bridgehead atoms. The van der Waals surface area contributed by atoms with Gasteiger partial charge in [0.15, 0.2) is 0 Å². The maximum Gasteiger partial charge on any atom is 0.417 e. The van der Waals surface area contributed by atoms with Gasteiger partial charge in [0.05, 0.1) is 23.0 Å². The van der Waals surface area contributed by atoms with Gasteiger partial charge >= 0.3 is 6.18 Å². The molecule has 130 valence electrons. The molecule has 1 atom stereocenters. The van der Waals surface area contributed by atoms with Gasteiger partial charge in [0.1, 0.15) is 11.1 Å². The number of carbonyl (C=O) groups excluding carboxylic acids is 1. The average molecular weight is 359 g/mol. The Labute approximate surface area is 141 Å². The van der Waals surface area contributed by atoms with Crippen molar-refractivity contribution in [3.05, 3.63) is 22.9 Å². The number of aromatic nitrogens is 1. The summed E-state index contributed by atoms with van der Waals surface area (Å²) in [4.78, 5) is 15.8. The number of halogens is 3. The molecule has 1 saturated heterocycles. The number of alkyl halides is 3. The average Bonchev–Trinajstić information content (AvgIpc) is 3.02. The van der Waals surface area contributed by atoms with Gasteiger partial charge in [-0.2, -0.15) is 18.4 Å². The first-order chi connectivity index (χ1) is 11.3. The van der Waals surface area contributed by atoms with E-state index >= 15 is 0 Å². The van der Waals surface area contributed by atoms with E-state index in [4.69, 9.17) is 10.00 Å². The fourth-order valence-electron chi connectivity index (χ4n) is 2.30. The number of nitrogens with zero attached hydrogens (tertiary/aromatic N) is 2. The topological polar surface area (TPSA) is 75.0 Å². The number of pyridine rings is 1. The molecule has 1 aromatic heterocycles. The predicted octanol–water partition coefficient (Wildman–Crippen LogP) is 2.67. The van der Waals surface area contributed by atoms with Gasteiger partial charge in [0.25, 0.3) is 0 Å². The summed E-state index contributed by atoms with van der Waals surface area (Å²) in [5.41, 5.74) is -1.44. The lowest BCUT2D eigenvalue weighted by atomic mass is 10.1. The van der Waals surface area contributed by atoms with Crippen LogP contribution >= 0.6 is 11.8 Å². The number of hydrogen-bond acceptors (Lipinski definition) is 5. The van der Waals surface area contributed by atoms with Gasteiger partial charge in [0, 0.05) is 18.8 Å². The molecule has 0 spiro atoms. The third-order valence-electron chi connectivity index (χ3n) is 3.42. The molecule has 1 aromatic rings. The minimum Gasteiger partial charge on any atom is -0.376 e. The van der Waals surface area contributed by atoms with E-state index in [1.54, 1.807) is 6.07 Å². The number of rotatable bonds is 5. The predicted molar refractivity (Wildman–Crippen MR) is 81.4 cm³/mol. The minimum atomic E-state index is -4.64. The van der Waals surface area contributed by atoms with E-state index in [-0.39, 0.29) is 28.5 Å². The lowest BCUT2D eigenvalue weighted by molar-refractivity contribution is -0.138. The number of nitriles is 1. The number of ether oxygens (including phenoxy) is 1. The highest BCUT2D eigenvalue weighted by Crippen LogP contribution is 2.35. The van der Waals surface area contributed by atoms with Crippen molar-refractivity contribution in [3.63, 3.8) is 0 Å². The normalized spacial score (nSPS) is 17.5. The van der Waals surface area contributed by atoms with Gasteiger partial charge in [-0.05, 0) is 25.8 Å². The van der Waals surface area contributed by atoms with Crippen LogP contribution in [0.15, 0.2) is 11.1 Å². The lowest BCUT2D eigenvalue weighted by Gasteiger charge is -2.13. The Morgan fingerprint density at radius 2 is 2.33 bits per heavy atom. The molecule has 1 amide bonds. The molecule has 1 fully saturated rings. The van der Waals surface area contributed by atoms with E-state index in [1.807, 2.05) is 0 Å². The first-order valence-corrected chi connectivity index (χ1v) is 8.30. The quantitative estimate of drug-likeness (QED) is 0.818. The lowest BCUT2D eigenvalue weighted by Crippen LogP contribution is -2.32. The monoisotopic (exact) mass is 359 g/mol. The van der Waals surface area contributed by atoms with Crippen molar-refractivity contribution in [1.82, 2.24) is 10.3 Å². The van der Waals surface area contributed by atoms with Crippen molar-refractivity contribution >= 4 is 17.7 Å². The molecule has 1 aliphatic heterocycles. The van der Waals surface area contributed by atoms with E-state index in [2.05, 4.69) is 10.3 Å². The Kier molecular flexibility index (Phi) is 6.07. The fourth-order valence-corrected chi connectivity index (χ4v) is 3.18. The molecule has 2 heterocycles. The van der Waals surface area contributed by atoms with Crippen molar-refractivity contribution in [2.24, 2.45) is 0 Å². The number of thioether (sulfide) groups is 1. The molecule has 24 heavy (non-hydrogen) atoms. The summed E-state index contributed by atoms with van der Waals surface area (Å²) in [7, 11) is 0. The summed E-state index contributed by atoms with van der Waals surface area (Å²) < 4.78 is 44.4. The van der Waals surface area contributed by atoms with Crippen molar-refractivity contribution in [3.8, 4) is 6.07 Å². The van der Waals surface area contributed by atoms with Crippen LogP contribution in [0.5, 0.6) is 0 Å². The standard InChI is InChI=1S/C15H16F3N3O2S/c1-9-5-12(15(16,17)18)11(6-19)14(21-9)24-8-13(22)20-7-10-3-2-4-23-10/h5,10H,2-4,7-8H2,1H3,(H,20,22)/t10-/m0/s1. The molecule has 0 radical (unpaired) electrons. The highest BCUT2D eigenvalue weighted by molar-refractivity contribution is 8.00. The minimum absolute atomic E-state index is 0.0115. The van der Waals surface area contributed by atoms with E-state index in [0.29, 0.717) is 13.2 Å². The fraction of sp³-hybridized carbons (Fsp3) is 0.533. The summed E-state index contributed by atoms with van der Waals surface area (Å²) in [5.74, 6) is -0.453. The zero-order valence-electron chi connectivity index (χ0n) is 12.9. The van der Waals surface area contributed by atoms with Gasteiger partial charge < -0.3 is 10.1 Å². The summed E-state index contributed by atoms with van der Waals surface area (Å²) in [6.07, 6.45) is -2.83. The van der Waals surface area contributed by atoms with Crippen molar-refractivity contribution < 1.29 is 22.7 Å². The summed E-state index contributed by atoms with van der Waals surface area (Å²) in [6, 6.07) is 2.38. The third-order valence-corrected chi connectivity index (χ3v) is 4.40. The van der Waals surface area contributed by atoms with E-state index in [9.17, 15) is 18.0 Å². The van der Waals surface area contributed by atoms with Crippen molar-refractivity contribution in [2.45, 2.75) is 37.1 Å². The van der Waals surface area contributed by atoms with Gasteiger partial charge in [-0.25, -0.2) is 4.98 Å². The third kappa shape index (κ3) is 4.85. The van der Waals surface area contributed by atoms with Crippen LogP contribution in [0.2, 0.25) is 0 Å². The highest BCUT2D eigenvalue weighted by Gasteiger charge is 2.35. The van der Waals surface area contributed by atoms with Crippen LogP contribution in [0, 0.1) is 18.3 Å². The Bertz CT molecular complexity index is 653.